The number of hydrogen-bond donors (Lipinski definition) is 3. The van der Waals surface area contributed by atoms with Crippen molar-refractivity contribution in [1.82, 2.24) is 25.1 Å². The zero-order valence-electron chi connectivity index (χ0n) is 34.6. The van der Waals surface area contributed by atoms with Gasteiger partial charge in [0.25, 0.3) is 0 Å². The third-order valence-electron chi connectivity index (χ3n) is 10.2. The highest BCUT2D eigenvalue weighted by atomic mass is 35.5. The average molecular weight is 871 g/mol. The number of nitrogens with zero attached hydrogens (tertiary/aromatic N) is 5. The van der Waals surface area contributed by atoms with Gasteiger partial charge in [-0.3, -0.25) is 19.1 Å². The Hall–Kier alpha value is -5.07. The molecule has 0 bridgehead atoms. The van der Waals surface area contributed by atoms with Gasteiger partial charge in [0.2, 0.25) is 11.8 Å². The van der Waals surface area contributed by atoms with Crippen LogP contribution >= 0.6 is 22.9 Å². The van der Waals surface area contributed by atoms with Gasteiger partial charge in [0.15, 0.2) is 5.82 Å². The van der Waals surface area contributed by atoms with Gasteiger partial charge in [-0.1, -0.05) is 29.8 Å². The summed E-state index contributed by atoms with van der Waals surface area (Å²) >= 11 is 7.89. The maximum Gasteiger partial charge on any atom is 0.228 e. The molecule has 15 nitrogen and oxygen atoms in total. The summed E-state index contributed by atoms with van der Waals surface area (Å²) in [5.74, 6) is 2.02. The highest BCUT2D eigenvalue weighted by molar-refractivity contribution is 7.15. The molecule has 0 aliphatic carbocycles. The molecular weight excluding hydrogens is 820 g/mol. The van der Waals surface area contributed by atoms with Gasteiger partial charge in [-0.25, -0.2) is 4.98 Å². The summed E-state index contributed by atoms with van der Waals surface area (Å²) < 4.78 is 30.1. The SMILES string of the molecule is Cc1sc2c(c1C)C(c1ccc(Cl)cc1)=N[C@@H](CC(=O)NCCOCCOCCOCCOCCOCCNc1ccc(-c3ccc4c(c3)CC(=O)N4)cn1)c1nnc(C)n1-2. The van der Waals surface area contributed by atoms with Crippen LogP contribution in [-0.2, 0) is 39.7 Å². The smallest absolute Gasteiger partial charge is 0.228 e. The van der Waals surface area contributed by atoms with Crippen molar-refractivity contribution in [3.05, 3.63) is 105 Å². The van der Waals surface area contributed by atoms with Gasteiger partial charge in [-0.2, -0.15) is 0 Å². The number of pyridine rings is 1. The third-order valence-corrected chi connectivity index (χ3v) is 11.6. The van der Waals surface area contributed by atoms with E-state index in [1.54, 1.807) is 11.3 Å². The van der Waals surface area contributed by atoms with Crippen LogP contribution < -0.4 is 16.0 Å². The molecule has 0 spiro atoms. The number of thiophene rings is 1. The van der Waals surface area contributed by atoms with Crippen LogP contribution in [0.5, 0.6) is 0 Å². The number of aliphatic imine (C=N–C) groups is 1. The Kier molecular flexibility index (Phi) is 15.6. The molecule has 0 fully saturated rings. The molecule has 17 heteroatoms. The van der Waals surface area contributed by atoms with Crippen molar-refractivity contribution in [2.75, 3.05) is 89.8 Å². The fraction of sp³-hybridized carbons (Fsp3) is 0.409. The second-order valence-electron chi connectivity index (χ2n) is 14.5. The minimum absolute atomic E-state index is 0.0269. The van der Waals surface area contributed by atoms with E-state index in [0.717, 1.165) is 61.4 Å². The van der Waals surface area contributed by atoms with E-state index in [9.17, 15) is 9.59 Å². The molecule has 2 aliphatic rings. The van der Waals surface area contributed by atoms with E-state index in [2.05, 4.69) is 45.0 Å². The number of fused-ring (bicyclic) bond motifs is 4. The van der Waals surface area contributed by atoms with E-state index in [1.165, 1.54) is 4.88 Å². The molecule has 0 saturated heterocycles. The van der Waals surface area contributed by atoms with Gasteiger partial charge >= 0.3 is 0 Å². The molecule has 3 N–H and O–H groups in total. The summed E-state index contributed by atoms with van der Waals surface area (Å²) in [5.41, 5.74) is 7.82. The Bertz CT molecular complexity index is 2300. The van der Waals surface area contributed by atoms with E-state index < -0.39 is 6.04 Å². The van der Waals surface area contributed by atoms with Crippen LogP contribution in [-0.4, -0.2) is 116 Å². The molecule has 0 radical (unpaired) electrons. The molecule has 2 aliphatic heterocycles. The van der Waals surface area contributed by atoms with Crippen molar-refractivity contribution in [2.24, 2.45) is 4.99 Å². The van der Waals surface area contributed by atoms with Crippen LogP contribution in [0, 0.1) is 20.8 Å². The van der Waals surface area contributed by atoms with Crippen molar-refractivity contribution < 1.29 is 33.3 Å². The number of halogens is 1. The molecule has 0 unspecified atom stereocenters. The largest absolute Gasteiger partial charge is 0.377 e. The van der Waals surface area contributed by atoms with Crippen LogP contribution in [0.3, 0.4) is 0 Å². The fourth-order valence-corrected chi connectivity index (χ4v) is 8.29. The third kappa shape index (κ3) is 11.7. The Morgan fingerprint density at radius 3 is 2.13 bits per heavy atom. The van der Waals surface area contributed by atoms with Crippen LogP contribution in [0.2, 0.25) is 5.02 Å². The number of carbonyl (C=O) groups excluding carboxylic acids is 2. The lowest BCUT2D eigenvalue weighted by molar-refractivity contribution is -0.121. The number of hydrogen-bond acceptors (Lipinski definition) is 13. The average Bonchev–Trinajstić information content (AvgIpc) is 3.90. The van der Waals surface area contributed by atoms with Crippen LogP contribution in [0.15, 0.2) is 65.8 Å². The number of aromatic nitrogens is 4. The first-order valence-corrected chi connectivity index (χ1v) is 21.6. The van der Waals surface area contributed by atoms with Crippen LogP contribution in [0.25, 0.3) is 16.1 Å². The summed E-state index contributed by atoms with van der Waals surface area (Å²) in [6.07, 6.45) is 2.35. The Morgan fingerprint density at radius 2 is 1.46 bits per heavy atom. The number of nitrogens with one attached hydrogen (secondary N) is 3. The molecule has 5 aromatic rings. The molecule has 7 rings (SSSR count). The quantitative estimate of drug-likeness (QED) is 0.0652. The lowest BCUT2D eigenvalue weighted by Crippen LogP contribution is -2.29. The monoisotopic (exact) mass is 870 g/mol. The summed E-state index contributed by atoms with van der Waals surface area (Å²) in [6.45, 7) is 11.6. The molecule has 5 heterocycles. The Balaban J connectivity index is 0.692. The maximum atomic E-state index is 13.2. The number of benzene rings is 2. The van der Waals surface area contributed by atoms with E-state index in [0.29, 0.717) is 96.4 Å². The van der Waals surface area contributed by atoms with Gasteiger partial charge in [0.1, 0.15) is 22.7 Å². The normalized spacial score (nSPS) is 14.2. The Labute approximate surface area is 364 Å². The fourth-order valence-electron chi connectivity index (χ4n) is 6.95. The predicted octanol–water partition coefficient (Wildman–Crippen LogP) is 6.06. The molecule has 322 valence electrons. The summed E-state index contributed by atoms with van der Waals surface area (Å²) in [4.78, 5) is 35.6. The van der Waals surface area contributed by atoms with E-state index in [1.807, 2.05) is 72.3 Å². The lowest BCUT2D eigenvalue weighted by Gasteiger charge is -2.13. The van der Waals surface area contributed by atoms with Crippen molar-refractivity contribution in [3.8, 4) is 16.1 Å². The Morgan fingerprint density at radius 1 is 0.820 bits per heavy atom. The molecule has 3 aromatic heterocycles. The topological polar surface area (TPSA) is 172 Å². The van der Waals surface area contributed by atoms with Crippen LogP contribution in [0.1, 0.15) is 51.2 Å². The number of ether oxygens (including phenoxy) is 5. The van der Waals surface area contributed by atoms with E-state index in [-0.39, 0.29) is 18.2 Å². The van der Waals surface area contributed by atoms with Gasteiger partial charge < -0.3 is 39.6 Å². The molecule has 2 aromatic carbocycles. The molecular formula is C44H51ClN8O7S. The zero-order valence-corrected chi connectivity index (χ0v) is 36.2. The number of rotatable bonds is 23. The molecule has 2 amide bonds. The summed E-state index contributed by atoms with van der Waals surface area (Å²) in [6, 6.07) is 17.0. The van der Waals surface area contributed by atoms with E-state index >= 15 is 0 Å². The molecule has 0 saturated carbocycles. The van der Waals surface area contributed by atoms with E-state index in [4.69, 9.17) is 40.3 Å². The minimum Gasteiger partial charge on any atom is -0.377 e. The minimum atomic E-state index is -0.534. The second kappa shape index (κ2) is 21.6. The molecule has 1 atom stereocenters. The second-order valence-corrected chi connectivity index (χ2v) is 16.1. The molecule has 61 heavy (non-hydrogen) atoms. The number of carbonyl (C=O) groups is 2. The van der Waals surface area contributed by atoms with Gasteiger partial charge in [-0.15, -0.1) is 21.5 Å². The van der Waals surface area contributed by atoms with Crippen molar-refractivity contribution >= 4 is 52.0 Å². The lowest BCUT2D eigenvalue weighted by atomic mass is 9.99. The van der Waals surface area contributed by atoms with Gasteiger partial charge in [-0.05, 0) is 73.9 Å². The van der Waals surface area contributed by atoms with Crippen molar-refractivity contribution in [1.29, 1.82) is 0 Å². The first-order chi connectivity index (χ1) is 29.7. The first-order valence-electron chi connectivity index (χ1n) is 20.4. The zero-order chi connectivity index (χ0) is 42.6. The highest BCUT2D eigenvalue weighted by Crippen LogP contribution is 2.39. The summed E-state index contributed by atoms with van der Waals surface area (Å²) in [5, 5.41) is 19.6. The first kappa shape index (κ1) is 44.0. The highest BCUT2D eigenvalue weighted by Gasteiger charge is 2.32. The van der Waals surface area contributed by atoms with Gasteiger partial charge in [0, 0.05) is 51.6 Å². The number of amides is 2. The van der Waals surface area contributed by atoms with Crippen molar-refractivity contribution in [3.63, 3.8) is 0 Å². The predicted molar refractivity (Wildman–Crippen MR) is 235 cm³/mol. The summed E-state index contributed by atoms with van der Waals surface area (Å²) in [7, 11) is 0. The standard InChI is InChI=1S/C44H51ClN8O7S/c1-28-29(2)61-44-41(28)42(31-4-8-35(45)9-5-31)50-37(43-52-51-30(3)53(43)44)26-39(54)47-13-15-57-17-19-59-21-23-60-22-20-58-18-16-56-14-12-46-38-11-7-33(27-48-38)32-6-10-36-34(24-32)25-40(55)49-36/h4-11,24,27,37H,12-23,25-26H2,1-3H3,(H,46,48)(H,47,54)(H,49,55)/t37-/m0/s1. The number of aryl methyl sites for hydroxylation is 2. The maximum absolute atomic E-state index is 13.2. The van der Waals surface area contributed by atoms with Gasteiger partial charge in [0.05, 0.1) is 84.6 Å². The number of anilines is 2. The van der Waals surface area contributed by atoms with Crippen LogP contribution in [0.4, 0.5) is 11.5 Å². The van der Waals surface area contributed by atoms with Crippen molar-refractivity contribution in [2.45, 2.75) is 39.7 Å².